The van der Waals surface area contributed by atoms with Crippen LogP contribution in [0, 0.1) is 0 Å². The molecule has 1 atom stereocenters. The van der Waals surface area contributed by atoms with E-state index < -0.39 is 0 Å². The molecule has 1 N–H and O–H groups in total. The van der Waals surface area contributed by atoms with E-state index in [4.69, 9.17) is 14.2 Å². The zero-order valence-electron chi connectivity index (χ0n) is 15.0. The van der Waals surface area contributed by atoms with Gasteiger partial charge in [-0.2, -0.15) is 0 Å². The molecule has 2 heterocycles. The van der Waals surface area contributed by atoms with Gasteiger partial charge in [-0.1, -0.05) is 0 Å². The topological polar surface area (TPSA) is 63.3 Å². The highest BCUT2D eigenvalue weighted by molar-refractivity contribution is 5.84. The molecule has 3 rings (SSSR count). The summed E-state index contributed by atoms with van der Waals surface area (Å²) in [5.41, 5.74) is 0.861. The van der Waals surface area contributed by atoms with E-state index in [0.29, 0.717) is 32.1 Å². The number of benzene rings is 1. The normalized spacial score (nSPS) is 20.2. The number of hydrogen-bond donors (Lipinski definition) is 1. The summed E-state index contributed by atoms with van der Waals surface area (Å²) in [5.74, 6) is 1.55. The third-order valence-electron chi connectivity index (χ3n) is 4.80. The molecule has 2 aliphatic rings. The van der Waals surface area contributed by atoms with Gasteiger partial charge in [-0.15, -0.1) is 0 Å². The molecule has 2 saturated heterocycles. The Labute approximate surface area is 148 Å². The lowest BCUT2D eigenvalue weighted by molar-refractivity contribution is -0.141. The first-order chi connectivity index (χ1) is 12.2. The van der Waals surface area contributed by atoms with E-state index in [1.54, 1.807) is 14.2 Å². The molecule has 0 bridgehead atoms. The molecule has 0 aromatic heterocycles. The standard InChI is InChI=1S/C18H27N3O4/c1-23-14-3-4-16(24-2)15(13-14)17(20-7-5-19-6-8-20)18(22)21-9-11-25-12-10-21/h3-4,13,17,19H,5-12H2,1-2H3. The molecule has 0 radical (unpaired) electrons. The molecule has 1 unspecified atom stereocenters. The molecule has 2 fully saturated rings. The average Bonchev–Trinajstić information content (AvgIpc) is 2.69. The van der Waals surface area contributed by atoms with E-state index in [-0.39, 0.29) is 11.9 Å². The number of methoxy groups -OCH3 is 2. The highest BCUT2D eigenvalue weighted by atomic mass is 16.5. The van der Waals surface area contributed by atoms with Crippen molar-refractivity contribution < 1.29 is 19.0 Å². The molecule has 1 amide bonds. The predicted molar refractivity (Wildman–Crippen MR) is 94.1 cm³/mol. The van der Waals surface area contributed by atoms with Crippen LogP contribution in [0.3, 0.4) is 0 Å². The van der Waals surface area contributed by atoms with Crippen molar-refractivity contribution in [2.45, 2.75) is 6.04 Å². The van der Waals surface area contributed by atoms with Crippen molar-refractivity contribution in [1.29, 1.82) is 0 Å². The van der Waals surface area contributed by atoms with Crippen molar-refractivity contribution >= 4 is 5.91 Å². The molecule has 7 heteroatoms. The highest BCUT2D eigenvalue weighted by Gasteiger charge is 2.35. The van der Waals surface area contributed by atoms with Crippen molar-refractivity contribution in [3.05, 3.63) is 23.8 Å². The van der Waals surface area contributed by atoms with Crippen molar-refractivity contribution in [2.75, 3.05) is 66.7 Å². The fraction of sp³-hybridized carbons (Fsp3) is 0.611. The predicted octanol–water partition coefficient (Wildman–Crippen LogP) is 0.509. The Hall–Kier alpha value is -1.83. The Balaban J connectivity index is 1.96. The molecule has 0 saturated carbocycles. The number of hydrogen-bond acceptors (Lipinski definition) is 6. The van der Waals surface area contributed by atoms with Crippen LogP contribution in [0.25, 0.3) is 0 Å². The van der Waals surface area contributed by atoms with Crippen LogP contribution in [0.15, 0.2) is 18.2 Å². The Morgan fingerprint density at radius 2 is 1.84 bits per heavy atom. The Kier molecular flexibility index (Phi) is 6.12. The molecule has 2 aliphatic heterocycles. The fourth-order valence-corrected chi connectivity index (χ4v) is 3.44. The van der Waals surface area contributed by atoms with Gasteiger partial charge in [-0.05, 0) is 18.2 Å². The van der Waals surface area contributed by atoms with Crippen LogP contribution in [0.2, 0.25) is 0 Å². The van der Waals surface area contributed by atoms with Crippen molar-refractivity contribution in [2.24, 2.45) is 0 Å². The second-order valence-electron chi connectivity index (χ2n) is 6.23. The summed E-state index contributed by atoms with van der Waals surface area (Å²) >= 11 is 0. The van der Waals surface area contributed by atoms with Crippen LogP contribution in [0.5, 0.6) is 11.5 Å². The lowest BCUT2D eigenvalue weighted by atomic mass is 10.0. The lowest BCUT2D eigenvalue weighted by Gasteiger charge is -2.38. The molecule has 0 aliphatic carbocycles. The number of nitrogens with zero attached hydrogens (tertiary/aromatic N) is 2. The van der Waals surface area contributed by atoms with Crippen LogP contribution in [-0.2, 0) is 9.53 Å². The quantitative estimate of drug-likeness (QED) is 0.836. The second kappa shape index (κ2) is 8.51. The van der Waals surface area contributed by atoms with E-state index in [1.165, 1.54) is 0 Å². The number of carbonyl (C=O) groups is 1. The number of rotatable bonds is 5. The van der Waals surface area contributed by atoms with Crippen LogP contribution in [0.1, 0.15) is 11.6 Å². The number of piperazine rings is 1. The van der Waals surface area contributed by atoms with E-state index >= 15 is 0 Å². The van der Waals surface area contributed by atoms with Crippen LogP contribution >= 0.6 is 0 Å². The van der Waals surface area contributed by atoms with Crippen LogP contribution < -0.4 is 14.8 Å². The summed E-state index contributed by atoms with van der Waals surface area (Å²) in [7, 11) is 3.27. The van der Waals surface area contributed by atoms with Gasteiger partial charge < -0.3 is 24.4 Å². The van der Waals surface area contributed by atoms with Crippen LogP contribution in [-0.4, -0.2) is 82.4 Å². The maximum Gasteiger partial charge on any atom is 0.244 e. The minimum absolute atomic E-state index is 0.108. The van der Waals surface area contributed by atoms with Gasteiger partial charge in [-0.25, -0.2) is 0 Å². The lowest BCUT2D eigenvalue weighted by Crippen LogP contribution is -2.52. The number of ether oxygens (including phenoxy) is 3. The van der Waals surface area contributed by atoms with E-state index in [0.717, 1.165) is 37.5 Å². The molecular weight excluding hydrogens is 322 g/mol. The summed E-state index contributed by atoms with van der Waals surface area (Å²) < 4.78 is 16.3. The number of morpholine rings is 1. The first-order valence-corrected chi connectivity index (χ1v) is 8.78. The number of amides is 1. The summed E-state index contributed by atoms with van der Waals surface area (Å²) in [6.07, 6.45) is 0. The molecule has 0 spiro atoms. The van der Waals surface area contributed by atoms with E-state index in [2.05, 4.69) is 10.2 Å². The van der Waals surface area contributed by atoms with Gasteiger partial charge in [0.05, 0.1) is 27.4 Å². The third-order valence-corrected chi connectivity index (χ3v) is 4.80. The van der Waals surface area contributed by atoms with Crippen molar-refractivity contribution in [1.82, 2.24) is 15.1 Å². The average molecular weight is 349 g/mol. The summed E-state index contributed by atoms with van der Waals surface area (Å²) in [4.78, 5) is 17.5. The van der Waals surface area contributed by atoms with Gasteiger partial charge in [0.15, 0.2) is 0 Å². The van der Waals surface area contributed by atoms with E-state index in [1.807, 2.05) is 23.1 Å². The third kappa shape index (κ3) is 4.05. The molecule has 1 aromatic carbocycles. The zero-order chi connectivity index (χ0) is 17.6. The minimum atomic E-state index is -0.370. The molecule has 7 nitrogen and oxygen atoms in total. The maximum atomic E-state index is 13.4. The Morgan fingerprint density at radius 3 is 2.48 bits per heavy atom. The van der Waals surface area contributed by atoms with E-state index in [9.17, 15) is 4.79 Å². The van der Waals surface area contributed by atoms with Crippen molar-refractivity contribution in [3.63, 3.8) is 0 Å². The smallest absolute Gasteiger partial charge is 0.244 e. The second-order valence-corrected chi connectivity index (χ2v) is 6.23. The fourth-order valence-electron chi connectivity index (χ4n) is 3.44. The largest absolute Gasteiger partial charge is 0.497 e. The van der Waals surface area contributed by atoms with Gasteiger partial charge in [0.25, 0.3) is 0 Å². The van der Waals surface area contributed by atoms with Gasteiger partial charge >= 0.3 is 0 Å². The molecule has 1 aromatic rings. The molecule has 25 heavy (non-hydrogen) atoms. The zero-order valence-corrected chi connectivity index (χ0v) is 15.0. The number of nitrogens with one attached hydrogen (secondary N) is 1. The summed E-state index contributed by atoms with van der Waals surface area (Å²) in [6, 6.07) is 5.28. The van der Waals surface area contributed by atoms with Gasteiger partial charge in [0, 0.05) is 44.8 Å². The monoisotopic (exact) mass is 349 g/mol. The number of carbonyl (C=O) groups excluding carboxylic acids is 1. The Morgan fingerprint density at radius 1 is 1.12 bits per heavy atom. The first-order valence-electron chi connectivity index (χ1n) is 8.78. The molecule has 138 valence electrons. The Bertz CT molecular complexity index is 584. The highest BCUT2D eigenvalue weighted by Crippen LogP contribution is 2.34. The maximum absolute atomic E-state index is 13.4. The molecular formula is C18H27N3O4. The van der Waals surface area contributed by atoms with Gasteiger partial charge in [-0.3, -0.25) is 9.69 Å². The summed E-state index contributed by atoms with van der Waals surface area (Å²) in [6.45, 7) is 5.84. The first kappa shape index (κ1) is 18.0. The van der Waals surface area contributed by atoms with Gasteiger partial charge in [0.1, 0.15) is 17.5 Å². The minimum Gasteiger partial charge on any atom is -0.497 e. The SMILES string of the molecule is COc1ccc(OC)c(C(C(=O)N2CCOCC2)N2CCNCC2)c1. The van der Waals surface area contributed by atoms with Crippen molar-refractivity contribution in [3.8, 4) is 11.5 Å². The van der Waals surface area contributed by atoms with Crippen LogP contribution in [0.4, 0.5) is 0 Å². The summed E-state index contributed by atoms with van der Waals surface area (Å²) in [5, 5.41) is 3.35. The van der Waals surface area contributed by atoms with Gasteiger partial charge in [0.2, 0.25) is 5.91 Å².